The van der Waals surface area contributed by atoms with Gasteiger partial charge in [-0.15, -0.1) is 0 Å². The molecule has 8 nitrogen and oxygen atoms in total. The number of para-hydroxylation sites is 2. The third-order valence-corrected chi connectivity index (χ3v) is 4.99. The number of benzene rings is 1. The number of amides is 1. The Bertz CT molecular complexity index is 848. The number of esters is 1. The Hall–Kier alpha value is -3.13. The quantitative estimate of drug-likeness (QED) is 0.667. The van der Waals surface area contributed by atoms with E-state index in [4.69, 9.17) is 9.47 Å². The van der Waals surface area contributed by atoms with Crippen LogP contribution in [0.4, 0.5) is 11.5 Å². The molecule has 0 saturated carbocycles. The number of hydrogen-bond acceptors (Lipinski definition) is 7. The van der Waals surface area contributed by atoms with Gasteiger partial charge in [-0.2, -0.15) is 0 Å². The van der Waals surface area contributed by atoms with Crippen LogP contribution in [0.25, 0.3) is 0 Å². The zero-order valence-electron chi connectivity index (χ0n) is 17.5. The van der Waals surface area contributed by atoms with E-state index in [2.05, 4.69) is 20.1 Å². The number of aromatic nitrogens is 1. The summed E-state index contributed by atoms with van der Waals surface area (Å²) >= 11 is 0. The maximum Gasteiger partial charge on any atom is 0.339 e. The molecular weight excluding hydrogens is 384 g/mol. The van der Waals surface area contributed by atoms with Crippen LogP contribution in [0.3, 0.4) is 0 Å². The van der Waals surface area contributed by atoms with E-state index < -0.39 is 0 Å². The highest BCUT2D eigenvalue weighted by Crippen LogP contribution is 2.23. The van der Waals surface area contributed by atoms with Crippen molar-refractivity contribution < 1.29 is 19.1 Å². The number of ether oxygens (including phenoxy) is 2. The Morgan fingerprint density at radius 3 is 2.53 bits per heavy atom. The Kier molecular flexibility index (Phi) is 7.62. The lowest BCUT2D eigenvalue weighted by Gasteiger charge is -2.35. The summed E-state index contributed by atoms with van der Waals surface area (Å²) in [7, 11) is 1.59. The molecule has 0 radical (unpaired) electrons. The number of nitrogens with zero attached hydrogens (tertiary/aromatic N) is 3. The van der Waals surface area contributed by atoms with E-state index in [1.807, 2.05) is 30.3 Å². The number of anilines is 2. The van der Waals surface area contributed by atoms with E-state index in [0.717, 1.165) is 32.0 Å². The molecule has 1 N–H and O–H groups in total. The second kappa shape index (κ2) is 10.6. The average molecular weight is 412 g/mol. The summed E-state index contributed by atoms with van der Waals surface area (Å²) in [5.41, 5.74) is 1.15. The predicted octanol–water partition coefficient (Wildman–Crippen LogP) is 2.42. The summed E-state index contributed by atoms with van der Waals surface area (Å²) in [6.07, 6.45) is 1.98. The van der Waals surface area contributed by atoms with Gasteiger partial charge in [0.25, 0.3) is 0 Å². The molecule has 1 aromatic heterocycles. The number of pyridine rings is 1. The third-order valence-electron chi connectivity index (χ3n) is 4.99. The zero-order chi connectivity index (χ0) is 21.3. The number of methoxy groups -OCH3 is 1. The summed E-state index contributed by atoms with van der Waals surface area (Å²) in [6, 6.07) is 11.0. The van der Waals surface area contributed by atoms with Gasteiger partial charge in [0.1, 0.15) is 11.6 Å². The van der Waals surface area contributed by atoms with Crippen molar-refractivity contribution in [2.45, 2.75) is 13.3 Å². The van der Waals surface area contributed by atoms with Crippen molar-refractivity contribution in [3.63, 3.8) is 0 Å². The number of carbonyl (C=O) groups excluding carboxylic acids is 2. The molecule has 8 heteroatoms. The number of piperazine rings is 1. The fourth-order valence-corrected chi connectivity index (χ4v) is 3.33. The van der Waals surface area contributed by atoms with Crippen LogP contribution in [0.1, 0.15) is 23.7 Å². The Morgan fingerprint density at radius 1 is 1.10 bits per heavy atom. The first-order chi connectivity index (χ1) is 14.6. The Labute approximate surface area is 176 Å². The lowest BCUT2D eigenvalue weighted by Crippen LogP contribution is -2.47. The van der Waals surface area contributed by atoms with Crippen LogP contribution in [-0.4, -0.2) is 68.2 Å². The number of rotatable bonds is 8. The van der Waals surface area contributed by atoms with Gasteiger partial charge < -0.3 is 19.7 Å². The summed E-state index contributed by atoms with van der Waals surface area (Å²) < 4.78 is 10.2. The lowest BCUT2D eigenvalue weighted by molar-refractivity contribution is -0.116. The molecular formula is C22H28N4O4. The van der Waals surface area contributed by atoms with Crippen LogP contribution in [0.5, 0.6) is 5.75 Å². The molecule has 1 aliphatic rings. The zero-order valence-corrected chi connectivity index (χ0v) is 17.5. The minimum atomic E-state index is -0.354. The molecule has 1 aromatic carbocycles. The highest BCUT2D eigenvalue weighted by Gasteiger charge is 2.19. The molecule has 1 amide bonds. The SMILES string of the molecule is CCOC(=O)c1ccc(N2CCN(CCC(=O)Nc3ccccc3OC)CC2)nc1. The molecule has 0 atom stereocenters. The van der Waals surface area contributed by atoms with Crippen molar-refractivity contribution >= 4 is 23.4 Å². The molecule has 160 valence electrons. The normalized spacial score (nSPS) is 14.3. The predicted molar refractivity (Wildman–Crippen MR) is 115 cm³/mol. The third kappa shape index (κ3) is 5.70. The van der Waals surface area contributed by atoms with Crippen molar-refractivity contribution in [3.05, 3.63) is 48.2 Å². The van der Waals surface area contributed by atoms with Crippen LogP contribution in [0.2, 0.25) is 0 Å². The van der Waals surface area contributed by atoms with Crippen molar-refractivity contribution in [1.82, 2.24) is 9.88 Å². The molecule has 2 heterocycles. The monoisotopic (exact) mass is 412 g/mol. The van der Waals surface area contributed by atoms with Crippen molar-refractivity contribution in [2.24, 2.45) is 0 Å². The van der Waals surface area contributed by atoms with Crippen LogP contribution in [0.15, 0.2) is 42.6 Å². The van der Waals surface area contributed by atoms with Crippen molar-refractivity contribution in [2.75, 3.05) is 56.7 Å². The van der Waals surface area contributed by atoms with Gasteiger partial charge in [0, 0.05) is 45.3 Å². The molecule has 0 spiro atoms. The highest BCUT2D eigenvalue weighted by atomic mass is 16.5. The topological polar surface area (TPSA) is 84.0 Å². The number of carbonyl (C=O) groups is 2. The van der Waals surface area contributed by atoms with E-state index in [0.29, 0.717) is 36.6 Å². The molecule has 3 rings (SSSR count). The van der Waals surface area contributed by atoms with Crippen molar-refractivity contribution in [3.8, 4) is 5.75 Å². The molecule has 1 aliphatic heterocycles. The first-order valence-corrected chi connectivity index (χ1v) is 10.1. The van der Waals surface area contributed by atoms with Gasteiger partial charge in [0.15, 0.2) is 0 Å². The first-order valence-electron chi connectivity index (χ1n) is 10.1. The van der Waals surface area contributed by atoms with E-state index in [1.165, 1.54) is 0 Å². The van der Waals surface area contributed by atoms with Gasteiger partial charge in [-0.1, -0.05) is 12.1 Å². The van der Waals surface area contributed by atoms with Gasteiger partial charge >= 0.3 is 5.97 Å². The minimum absolute atomic E-state index is 0.0295. The smallest absolute Gasteiger partial charge is 0.339 e. The van der Waals surface area contributed by atoms with Gasteiger partial charge in [0.2, 0.25) is 5.91 Å². The Balaban J connectivity index is 1.43. The van der Waals surface area contributed by atoms with E-state index >= 15 is 0 Å². The van der Waals surface area contributed by atoms with Crippen molar-refractivity contribution in [1.29, 1.82) is 0 Å². The Morgan fingerprint density at radius 2 is 1.87 bits per heavy atom. The van der Waals surface area contributed by atoms with E-state index in [9.17, 15) is 9.59 Å². The molecule has 2 aromatic rings. The van der Waals surface area contributed by atoms with Gasteiger partial charge in [0.05, 0.1) is 25.0 Å². The van der Waals surface area contributed by atoms with E-state index in [1.54, 1.807) is 26.3 Å². The summed E-state index contributed by atoms with van der Waals surface area (Å²) in [5.74, 6) is 1.11. The molecule has 1 saturated heterocycles. The second-order valence-corrected chi connectivity index (χ2v) is 6.95. The number of hydrogen-bond donors (Lipinski definition) is 1. The average Bonchev–Trinajstić information content (AvgIpc) is 2.79. The summed E-state index contributed by atoms with van der Waals surface area (Å²) in [6.45, 7) is 6.16. The fraction of sp³-hybridized carbons (Fsp3) is 0.409. The largest absolute Gasteiger partial charge is 0.495 e. The maximum atomic E-state index is 12.3. The maximum absolute atomic E-state index is 12.3. The summed E-state index contributed by atoms with van der Waals surface area (Å²) in [4.78, 5) is 32.9. The van der Waals surface area contributed by atoms with Gasteiger partial charge in [-0.05, 0) is 31.2 Å². The number of nitrogens with one attached hydrogen (secondary N) is 1. The summed E-state index contributed by atoms with van der Waals surface area (Å²) in [5, 5.41) is 2.91. The van der Waals surface area contributed by atoms with Crippen LogP contribution in [0, 0.1) is 0 Å². The van der Waals surface area contributed by atoms with Crippen LogP contribution < -0.4 is 15.0 Å². The first kappa shape index (κ1) is 21.6. The minimum Gasteiger partial charge on any atom is -0.495 e. The standard InChI is InChI=1S/C22H28N4O4/c1-3-30-22(28)17-8-9-20(23-16-17)26-14-12-25(13-15-26)11-10-21(27)24-18-6-4-5-7-19(18)29-2/h4-9,16H,3,10-15H2,1-2H3,(H,24,27). The van der Waals surface area contributed by atoms with Crippen LogP contribution >= 0.6 is 0 Å². The van der Waals surface area contributed by atoms with Crippen LogP contribution in [-0.2, 0) is 9.53 Å². The second-order valence-electron chi connectivity index (χ2n) is 6.95. The van der Waals surface area contributed by atoms with Gasteiger partial charge in [-0.25, -0.2) is 9.78 Å². The molecule has 0 aliphatic carbocycles. The lowest BCUT2D eigenvalue weighted by atomic mass is 10.2. The molecule has 30 heavy (non-hydrogen) atoms. The van der Waals surface area contributed by atoms with E-state index in [-0.39, 0.29) is 11.9 Å². The molecule has 0 bridgehead atoms. The fourth-order valence-electron chi connectivity index (χ4n) is 3.33. The molecule has 0 unspecified atom stereocenters. The van der Waals surface area contributed by atoms with Gasteiger partial charge in [-0.3, -0.25) is 9.69 Å². The molecule has 1 fully saturated rings. The highest BCUT2D eigenvalue weighted by molar-refractivity contribution is 5.92.